The van der Waals surface area contributed by atoms with Crippen molar-refractivity contribution in [2.45, 2.75) is 19.9 Å². The first-order valence-electron chi connectivity index (χ1n) is 6.50. The summed E-state index contributed by atoms with van der Waals surface area (Å²) in [5, 5.41) is 3.71. The minimum absolute atomic E-state index is 0.103. The molecule has 4 heteroatoms. The number of aryl methyl sites for hydroxylation is 2. The number of hydrogen-bond acceptors (Lipinski definition) is 2. The molecule has 2 rings (SSSR count). The van der Waals surface area contributed by atoms with E-state index in [2.05, 4.69) is 23.5 Å². The number of nitrogens with two attached hydrogens (primary N) is 1. The van der Waals surface area contributed by atoms with Crippen molar-refractivity contribution < 1.29 is 4.39 Å². The third kappa shape index (κ3) is 3.30. The zero-order valence-corrected chi connectivity index (χ0v) is 12.3. The summed E-state index contributed by atoms with van der Waals surface area (Å²) in [4.78, 5) is 0. The van der Waals surface area contributed by atoms with E-state index < -0.39 is 0 Å². The van der Waals surface area contributed by atoms with Gasteiger partial charge in [-0.2, -0.15) is 0 Å². The Bertz CT molecular complexity index is 613. The molecule has 2 aromatic rings. The van der Waals surface area contributed by atoms with Crippen molar-refractivity contribution in [2.24, 2.45) is 5.73 Å². The summed E-state index contributed by atoms with van der Waals surface area (Å²) in [6.45, 7) is 4.47. The van der Waals surface area contributed by atoms with Gasteiger partial charge in [-0.25, -0.2) is 4.39 Å². The smallest absolute Gasteiger partial charge is 0.125 e. The van der Waals surface area contributed by atoms with Crippen LogP contribution in [0.3, 0.4) is 0 Å². The molecule has 0 aliphatic heterocycles. The minimum atomic E-state index is -0.325. The third-order valence-electron chi connectivity index (χ3n) is 3.30. The van der Waals surface area contributed by atoms with Gasteiger partial charge in [-0.1, -0.05) is 35.4 Å². The van der Waals surface area contributed by atoms with Gasteiger partial charge in [-0.05, 0) is 43.2 Å². The molecule has 0 amide bonds. The number of rotatable bonds is 4. The number of nitrogens with one attached hydrogen (secondary N) is 1. The molecule has 0 radical (unpaired) electrons. The quantitative estimate of drug-likeness (QED) is 0.886. The first-order valence-corrected chi connectivity index (χ1v) is 6.88. The number of halogens is 2. The molecule has 0 saturated carbocycles. The maximum Gasteiger partial charge on any atom is 0.125 e. The van der Waals surface area contributed by atoms with Crippen LogP contribution in [0.1, 0.15) is 22.7 Å². The molecule has 3 N–H and O–H groups in total. The first-order chi connectivity index (χ1) is 9.51. The van der Waals surface area contributed by atoms with Crippen LogP contribution >= 0.6 is 11.6 Å². The Labute approximate surface area is 123 Å². The molecule has 0 bridgehead atoms. The fraction of sp³-hybridized carbons (Fsp3) is 0.250. The van der Waals surface area contributed by atoms with Crippen molar-refractivity contribution in [3.05, 3.63) is 63.9 Å². The molecular formula is C16H18ClFN2. The van der Waals surface area contributed by atoms with Crippen LogP contribution in [0.4, 0.5) is 10.1 Å². The van der Waals surface area contributed by atoms with Crippen molar-refractivity contribution in [1.29, 1.82) is 0 Å². The second-order valence-corrected chi connectivity index (χ2v) is 5.32. The van der Waals surface area contributed by atoms with E-state index in [9.17, 15) is 4.39 Å². The monoisotopic (exact) mass is 292 g/mol. The lowest BCUT2D eigenvalue weighted by Gasteiger charge is -2.22. The Hall–Kier alpha value is -1.58. The van der Waals surface area contributed by atoms with Gasteiger partial charge in [-0.3, -0.25) is 0 Å². The summed E-state index contributed by atoms with van der Waals surface area (Å²) in [6, 6.07) is 10.4. The highest BCUT2D eigenvalue weighted by molar-refractivity contribution is 6.33. The lowest BCUT2D eigenvalue weighted by Crippen LogP contribution is -2.21. The predicted octanol–water partition coefficient (Wildman–Crippen LogP) is 4.21. The van der Waals surface area contributed by atoms with E-state index in [1.807, 2.05) is 13.8 Å². The van der Waals surface area contributed by atoms with Crippen LogP contribution in [0.5, 0.6) is 0 Å². The van der Waals surface area contributed by atoms with E-state index in [-0.39, 0.29) is 11.9 Å². The number of anilines is 1. The van der Waals surface area contributed by atoms with Crippen LogP contribution in [-0.2, 0) is 0 Å². The minimum Gasteiger partial charge on any atom is -0.376 e. The van der Waals surface area contributed by atoms with Crippen LogP contribution in [-0.4, -0.2) is 6.54 Å². The van der Waals surface area contributed by atoms with Crippen LogP contribution in [0, 0.1) is 19.7 Å². The van der Waals surface area contributed by atoms with Crippen molar-refractivity contribution in [2.75, 3.05) is 11.9 Å². The fourth-order valence-corrected chi connectivity index (χ4v) is 2.37. The fourth-order valence-electron chi connectivity index (χ4n) is 2.19. The molecule has 106 valence electrons. The van der Waals surface area contributed by atoms with Crippen molar-refractivity contribution >= 4 is 17.3 Å². The third-order valence-corrected chi connectivity index (χ3v) is 3.63. The molecule has 0 aromatic heterocycles. The normalized spacial score (nSPS) is 12.2. The highest BCUT2D eigenvalue weighted by Gasteiger charge is 2.14. The zero-order chi connectivity index (χ0) is 14.7. The highest BCUT2D eigenvalue weighted by Crippen LogP contribution is 2.28. The predicted molar refractivity (Wildman–Crippen MR) is 82.7 cm³/mol. The van der Waals surface area contributed by atoms with E-state index >= 15 is 0 Å². The van der Waals surface area contributed by atoms with Crippen LogP contribution in [0.15, 0.2) is 36.4 Å². The first kappa shape index (κ1) is 14.8. The molecule has 0 spiro atoms. The van der Waals surface area contributed by atoms with Gasteiger partial charge in [0.05, 0.1) is 16.8 Å². The van der Waals surface area contributed by atoms with Gasteiger partial charge in [0.15, 0.2) is 0 Å². The zero-order valence-electron chi connectivity index (χ0n) is 11.6. The standard InChI is InChI=1S/C16H18ClFN2/c1-10-3-4-11(2)13(7-10)16(9-19)20-15-8-12(18)5-6-14(15)17/h3-8,16,20H,9,19H2,1-2H3. The summed E-state index contributed by atoms with van der Waals surface area (Å²) < 4.78 is 13.3. The average Bonchev–Trinajstić information content (AvgIpc) is 2.42. The molecule has 2 nitrogen and oxygen atoms in total. The average molecular weight is 293 g/mol. The van der Waals surface area contributed by atoms with Gasteiger partial charge in [-0.15, -0.1) is 0 Å². The lowest BCUT2D eigenvalue weighted by atomic mass is 9.98. The van der Waals surface area contributed by atoms with Gasteiger partial charge >= 0.3 is 0 Å². The van der Waals surface area contributed by atoms with Gasteiger partial charge in [0.25, 0.3) is 0 Å². The molecule has 0 aliphatic carbocycles. The van der Waals surface area contributed by atoms with E-state index in [0.29, 0.717) is 17.3 Å². The molecule has 1 atom stereocenters. The molecular weight excluding hydrogens is 275 g/mol. The van der Waals surface area contributed by atoms with Crippen molar-refractivity contribution in [1.82, 2.24) is 0 Å². The van der Waals surface area contributed by atoms with Crippen molar-refractivity contribution in [3.63, 3.8) is 0 Å². The van der Waals surface area contributed by atoms with Gasteiger partial charge < -0.3 is 11.1 Å². The topological polar surface area (TPSA) is 38.0 Å². The van der Waals surface area contributed by atoms with E-state index in [1.54, 1.807) is 0 Å². The summed E-state index contributed by atoms with van der Waals surface area (Å²) in [5.41, 5.74) is 9.83. The molecule has 1 unspecified atom stereocenters. The molecule has 20 heavy (non-hydrogen) atoms. The van der Waals surface area contributed by atoms with E-state index in [0.717, 1.165) is 16.7 Å². The molecule has 0 saturated heterocycles. The summed E-state index contributed by atoms with van der Waals surface area (Å²) in [7, 11) is 0. The Morgan fingerprint density at radius 2 is 1.95 bits per heavy atom. The molecule has 0 fully saturated rings. The van der Waals surface area contributed by atoms with Crippen LogP contribution in [0.2, 0.25) is 5.02 Å². The Balaban J connectivity index is 2.33. The van der Waals surface area contributed by atoms with Gasteiger partial charge in [0.2, 0.25) is 0 Å². The second-order valence-electron chi connectivity index (χ2n) is 4.92. The van der Waals surface area contributed by atoms with Gasteiger partial charge in [0.1, 0.15) is 5.82 Å². The Morgan fingerprint density at radius 3 is 2.65 bits per heavy atom. The van der Waals surface area contributed by atoms with Gasteiger partial charge in [0, 0.05) is 6.54 Å². The Kier molecular flexibility index (Phi) is 4.63. The summed E-state index contributed by atoms with van der Waals surface area (Å²) >= 11 is 6.09. The molecule has 0 aliphatic rings. The Morgan fingerprint density at radius 1 is 1.20 bits per heavy atom. The molecule has 0 heterocycles. The number of benzene rings is 2. The molecule has 2 aromatic carbocycles. The maximum atomic E-state index is 13.3. The largest absolute Gasteiger partial charge is 0.376 e. The van der Waals surface area contributed by atoms with E-state index in [1.165, 1.54) is 18.2 Å². The van der Waals surface area contributed by atoms with Crippen LogP contribution in [0.25, 0.3) is 0 Å². The van der Waals surface area contributed by atoms with Crippen molar-refractivity contribution in [3.8, 4) is 0 Å². The maximum absolute atomic E-state index is 13.3. The summed E-state index contributed by atoms with van der Waals surface area (Å²) in [6.07, 6.45) is 0. The lowest BCUT2D eigenvalue weighted by molar-refractivity contribution is 0.627. The highest BCUT2D eigenvalue weighted by atomic mass is 35.5. The van der Waals surface area contributed by atoms with E-state index in [4.69, 9.17) is 17.3 Å². The summed E-state index contributed by atoms with van der Waals surface area (Å²) in [5.74, 6) is -0.325. The number of hydrogen-bond donors (Lipinski definition) is 2. The SMILES string of the molecule is Cc1ccc(C)c(C(CN)Nc2cc(F)ccc2Cl)c1. The second kappa shape index (κ2) is 6.25. The van der Waals surface area contributed by atoms with Crippen LogP contribution < -0.4 is 11.1 Å².